The fraction of sp³-hybridized carbons (Fsp3) is 0.161. The van der Waals surface area contributed by atoms with E-state index in [-0.39, 0.29) is 12.1 Å². The van der Waals surface area contributed by atoms with Gasteiger partial charge in [-0.3, -0.25) is 0 Å². The zero-order valence-corrected chi connectivity index (χ0v) is 21.4. The number of hydrogen-bond acceptors (Lipinski definition) is 3. The van der Waals surface area contributed by atoms with Crippen LogP contribution in [0.3, 0.4) is 0 Å². The molecule has 1 aliphatic rings. The van der Waals surface area contributed by atoms with Crippen molar-refractivity contribution in [3.63, 3.8) is 0 Å². The summed E-state index contributed by atoms with van der Waals surface area (Å²) in [5.41, 5.74) is 5.74. The van der Waals surface area contributed by atoms with E-state index in [4.69, 9.17) is 9.84 Å². The highest BCUT2D eigenvalue weighted by molar-refractivity contribution is 5.90. The molecule has 0 spiro atoms. The van der Waals surface area contributed by atoms with Crippen LogP contribution in [0.2, 0.25) is 0 Å². The van der Waals surface area contributed by atoms with Crippen LogP contribution in [0.25, 0.3) is 11.5 Å². The van der Waals surface area contributed by atoms with Crippen LogP contribution in [0.5, 0.6) is 5.75 Å². The highest BCUT2D eigenvalue weighted by Crippen LogP contribution is 2.39. The number of rotatable bonds is 5. The maximum Gasteiger partial charge on any atom is 0.322 e. The second kappa shape index (κ2) is 9.94. The summed E-state index contributed by atoms with van der Waals surface area (Å²) in [5.74, 6) is 1.71. The lowest BCUT2D eigenvalue weighted by molar-refractivity contribution is 0.194. The number of nitrogens with one attached hydrogen (secondary N) is 1. The summed E-state index contributed by atoms with van der Waals surface area (Å²) in [6.07, 6.45) is 2.82. The van der Waals surface area contributed by atoms with E-state index in [2.05, 4.69) is 53.3 Å². The van der Waals surface area contributed by atoms with E-state index >= 15 is 0 Å². The van der Waals surface area contributed by atoms with Crippen molar-refractivity contribution < 1.29 is 9.53 Å². The fourth-order valence-electron chi connectivity index (χ4n) is 5.20. The van der Waals surface area contributed by atoms with Gasteiger partial charge in [0.2, 0.25) is 0 Å². The average molecular weight is 504 g/mol. The first kappa shape index (κ1) is 23.6. The van der Waals surface area contributed by atoms with E-state index in [9.17, 15) is 4.79 Å². The van der Waals surface area contributed by atoms with Crippen LogP contribution in [0, 0.1) is 0 Å². The van der Waals surface area contributed by atoms with Crippen molar-refractivity contribution in [2.45, 2.75) is 25.9 Å². The van der Waals surface area contributed by atoms with Crippen molar-refractivity contribution in [3.05, 3.63) is 126 Å². The molecule has 0 unspecified atom stereocenters. The van der Waals surface area contributed by atoms with Gasteiger partial charge in [0, 0.05) is 17.4 Å². The minimum absolute atomic E-state index is 0.181. The Morgan fingerprint density at radius 2 is 1.66 bits per heavy atom. The third-order valence-electron chi connectivity index (χ3n) is 7.02. The number of para-hydroxylation sites is 1. The summed E-state index contributed by atoms with van der Waals surface area (Å²) < 4.78 is 9.47. The van der Waals surface area contributed by atoms with Gasteiger partial charge in [-0.15, -0.1) is 0 Å². The molecule has 0 saturated carbocycles. The van der Waals surface area contributed by atoms with Gasteiger partial charge in [-0.1, -0.05) is 55.5 Å². The number of anilines is 1. The van der Waals surface area contributed by atoms with Crippen LogP contribution >= 0.6 is 0 Å². The summed E-state index contributed by atoms with van der Waals surface area (Å²) in [4.78, 5) is 15.9. The Kier molecular flexibility index (Phi) is 6.17. The normalized spacial score (nSPS) is 14.4. The van der Waals surface area contributed by atoms with Crippen LogP contribution in [0.1, 0.15) is 35.5 Å². The van der Waals surface area contributed by atoms with Crippen molar-refractivity contribution in [2.24, 2.45) is 0 Å². The molecular formula is C31H29N5O2. The number of aryl methyl sites for hydroxylation is 1. The van der Waals surface area contributed by atoms with Gasteiger partial charge in [0.05, 0.1) is 36.8 Å². The zero-order chi connectivity index (χ0) is 26.1. The van der Waals surface area contributed by atoms with Crippen molar-refractivity contribution >= 4 is 11.7 Å². The predicted molar refractivity (Wildman–Crippen MR) is 148 cm³/mol. The van der Waals surface area contributed by atoms with Crippen molar-refractivity contribution in [3.8, 4) is 17.3 Å². The second-order valence-corrected chi connectivity index (χ2v) is 9.25. The summed E-state index contributed by atoms with van der Waals surface area (Å²) in [6.45, 7) is 2.52. The number of nitrogens with zero attached hydrogens (tertiary/aromatic N) is 4. The summed E-state index contributed by atoms with van der Waals surface area (Å²) in [6, 6.07) is 31.4. The van der Waals surface area contributed by atoms with Crippen LogP contribution < -0.4 is 10.1 Å². The average Bonchev–Trinajstić information content (AvgIpc) is 3.55. The van der Waals surface area contributed by atoms with Crippen molar-refractivity contribution in [1.82, 2.24) is 19.2 Å². The van der Waals surface area contributed by atoms with Gasteiger partial charge in [0.25, 0.3) is 0 Å². The van der Waals surface area contributed by atoms with Gasteiger partial charge in [0.15, 0.2) is 0 Å². The topological polar surface area (TPSA) is 64.3 Å². The lowest BCUT2D eigenvalue weighted by Crippen LogP contribution is -2.38. The van der Waals surface area contributed by atoms with Gasteiger partial charge in [-0.25, -0.2) is 9.48 Å². The largest absolute Gasteiger partial charge is 0.497 e. The number of benzene rings is 3. The van der Waals surface area contributed by atoms with Crippen LogP contribution in [0.15, 0.2) is 103 Å². The molecule has 0 radical (unpaired) electrons. The number of amides is 2. The SMILES string of the molecule is CCc1nn(-c2ccccc2)c2c1CN(C(=O)Nc1ccc(OC)cc1)[C@H](c1ccccc1)c1cccn1-2. The Labute approximate surface area is 221 Å². The summed E-state index contributed by atoms with van der Waals surface area (Å²) >= 11 is 0. The Morgan fingerprint density at radius 1 is 0.947 bits per heavy atom. The van der Waals surface area contributed by atoms with Gasteiger partial charge < -0.3 is 19.5 Å². The molecule has 2 aromatic heterocycles. The van der Waals surface area contributed by atoms with Crippen LogP contribution in [-0.2, 0) is 13.0 Å². The Hall–Kier alpha value is -4.78. The van der Waals surface area contributed by atoms with Gasteiger partial charge in [-0.05, 0) is 60.5 Å². The molecule has 0 fully saturated rings. The molecule has 0 bridgehead atoms. The van der Waals surface area contributed by atoms with Gasteiger partial charge >= 0.3 is 6.03 Å². The zero-order valence-electron chi connectivity index (χ0n) is 21.4. The molecule has 3 aromatic carbocycles. The monoisotopic (exact) mass is 503 g/mol. The molecule has 3 heterocycles. The second-order valence-electron chi connectivity index (χ2n) is 9.25. The molecule has 5 aromatic rings. The van der Waals surface area contributed by atoms with Crippen molar-refractivity contribution in [1.29, 1.82) is 0 Å². The lowest BCUT2D eigenvalue weighted by atomic mass is 10.0. The molecule has 7 nitrogen and oxygen atoms in total. The molecule has 1 aliphatic heterocycles. The molecule has 1 atom stereocenters. The molecule has 2 amide bonds. The number of methoxy groups -OCH3 is 1. The van der Waals surface area contributed by atoms with Gasteiger partial charge in [0.1, 0.15) is 11.6 Å². The number of aromatic nitrogens is 3. The molecular weight excluding hydrogens is 474 g/mol. The number of urea groups is 1. The van der Waals surface area contributed by atoms with Crippen LogP contribution in [-0.4, -0.2) is 32.4 Å². The quantitative estimate of drug-likeness (QED) is 0.303. The smallest absolute Gasteiger partial charge is 0.322 e. The first-order valence-electron chi connectivity index (χ1n) is 12.8. The third kappa shape index (κ3) is 4.12. The molecule has 38 heavy (non-hydrogen) atoms. The van der Waals surface area contributed by atoms with E-state index in [0.29, 0.717) is 12.2 Å². The molecule has 1 N–H and O–H groups in total. The number of carbonyl (C=O) groups excluding carboxylic acids is 1. The minimum Gasteiger partial charge on any atom is -0.497 e. The first-order valence-corrected chi connectivity index (χ1v) is 12.8. The van der Waals surface area contributed by atoms with E-state index in [1.54, 1.807) is 7.11 Å². The Bertz CT molecular complexity index is 1560. The van der Waals surface area contributed by atoms with Gasteiger partial charge in [-0.2, -0.15) is 5.10 Å². The van der Waals surface area contributed by atoms with E-state index in [0.717, 1.165) is 46.2 Å². The number of hydrogen-bond donors (Lipinski definition) is 1. The van der Waals surface area contributed by atoms with E-state index in [1.165, 1.54) is 0 Å². The predicted octanol–water partition coefficient (Wildman–Crippen LogP) is 6.37. The Morgan fingerprint density at radius 3 is 2.34 bits per heavy atom. The highest BCUT2D eigenvalue weighted by Gasteiger charge is 2.36. The minimum atomic E-state index is -0.300. The standard InChI is InChI=1S/C31H29N5O2/c1-3-27-26-21-35(31(37)32-23-16-18-25(38-2)19-17-23)29(22-11-6-4-7-12-22)28-15-10-20-34(28)30(26)36(33-27)24-13-8-5-9-14-24/h4-20,29H,3,21H2,1-2H3,(H,32,37)/t29-/m1/s1. The molecule has 6 rings (SSSR count). The third-order valence-corrected chi connectivity index (χ3v) is 7.02. The number of carbonyl (C=O) groups is 1. The maximum atomic E-state index is 14.0. The molecule has 190 valence electrons. The molecule has 0 aliphatic carbocycles. The summed E-state index contributed by atoms with van der Waals surface area (Å²) in [7, 11) is 1.63. The highest BCUT2D eigenvalue weighted by atomic mass is 16.5. The number of ether oxygens (including phenoxy) is 1. The first-order chi connectivity index (χ1) is 18.7. The van der Waals surface area contributed by atoms with Crippen LogP contribution in [0.4, 0.5) is 10.5 Å². The lowest BCUT2D eigenvalue weighted by Gasteiger charge is -2.31. The molecule has 7 heteroatoms. The summed E-state index contributed by atoms with van der Waals surface area (Å²) in [5, 5.41) is 8.13. The van der Waals surface area contributed by atoms with E-state index in [1.807, 2.05) is 76.3 Å². The molecule has 0 saturated heterocycles. The maximum absolute atomic E-state index is 14.0. The van der Waals surface area contributed by atoms with Crippen molar-refractivity contribution in [2.75, 3.05) is 12.4 Å². The number of fused-ring (bicyclic) bond motifs is 3. The fourth-order valence-corrected chi connectivity index (χ4v) is 5.20. The van der Waals surface area contributed by atoms with E-state index < -0.39 is 0 Å². The Balaban J connectivity index is 1.51.